The third-order valence-electron chi connectivity index (χ3n) is 5.41. The molecule has 2 aliphatic heterocycles. The second-order valence-corrected chi connectivity index (χ2v) is 6.48. The van der Waals surface area contributed by atoms with Crippen LogP contribution in [0.4, 0.5) is 0 Å². The highest BCUT2D eigenvalue weighted by molar-refractivity contribution is 4.97. The van der Waals surface area contributed by atoms with Crippen LogP contribution >= 0.6 is 0 Å². The van der Waals surface area contributed by atoms with E-state index in [1.54, 1.807) is 0 Å². The summed E-state index contributed by atoms with van der Waals surface area (Å²) in [6.07, 6.45) is 9.76. The number of hydrogen-bond donors (Lipinski definition) is 1. The van der Waals surface area contributed by atoms with Crippen LogP contribution in [0.3, 0.4) is 0 Å². The number of rotatable bonds is 2. The van der Waals surface area contributed by atoms with E-state index < -0.39 is 0 Å². The summed E-state index contributed by atoms with van der Waals surface area (Å²) in [7, 11) is 0. The zero-order chi connectivity index (χ0) is 11.1. The Balaban J connectivity index is 1.63. The molecule has 3 aliphatic rings. The lowest BCUT2D eigenvalue weighted by Crippen LogP contribution is -2.49. The molecule has 0 aromatic rings. The van der Waals surface area contributed by atoms with Gasteiger partial charge >= 0.3 is 0 Å². The topological polar surface area (TPSA) is 29.3 Å². The average molecular weight is 222 g/mol. The van der Waals surface area contributed by atoms with E-state index in [-0.39, 0.29) is 0 Å². The van der Waals surface area contributed by atoms with E-state index in [1.165, 1.54) is 51.5 Å². The van der Waals surface area contributed by atoms with E-state index in [2.05, 4.69) is 11.8 Å². The van der Waals surface area contributed by atoms with Crippen molar-refractivity contribution in [2.24, 2.45) is 17.6 Å². The molecule has 16 heavy (non-hydrogen) atoms. The van der Waals surface area contributed by atoms with Gasteiger partial charge in [-0.1, -0.05) is 19.8 Å². The van der Waals surface area contributed by atoms with Crippen molar-refractivity contribution in [2.75, 3.05) is 6.54 Å². The normalized spacial score (nSPS) is 48.8. The number of nitrogens with two attached hydrogens (primary N) is 1. The minimum atomic E-state index is 0.495. The summed E-state index contributed by atoms with van der Waals surface area (Å²) >= 11 is 0. The predicted octanol–water partition coefficient (Wildman–Crippen LogP) is 2.38. The summed E-state index contributed by atoms with van der Waals surface area (Å²) < 4.78 is 0. The lowest BCUT2D eigenvalue weighted by atomic mass is 9.93. The summed E-state index contributed by atoms with van der Waals surface area (Å²) in [5.74, 6) is 1.95. The Bertz CT molecular complexity index is 239. The highest BCUT2D eigenvalue weighted by Crippen LogP contribution is 2.39. The number of piperidine rings is 1. The molecule has 0 aromatic carbocycles. The highest BCUT2D eigenvalue weighted by atomic mass is 15.2. The second kappa shape index (κ2) is 4.30. The van der Waals surface area contributed by atoms with Gasteiger partial charge in [0.1, 0.15) is 0 Å². The van der Waals surface area contributed by atoms with E-state index in [0.717, 1.165) is 23.9 Å². The molecule has 3 fully saturated rings. The van der Waals surface area contributed by atoms with Crippen molar-refractivity contribution in [1.29, 1.82) is 0 Å². The summed E-state index contributed by atoms with van der Waals surface area (Å²) in [5, 5.41) is 0. The van der Waals surface area contributed by atoms with Crippen LogP contribution in [0.25, 0.3) is 0 Å². The Morgan fingerprint density at radius 3 is 2.31 bits per heavy atom. The predicted molar refractivity (Wildman–Crippen MR) is 67.2 cm³/mol. The monoisotopic (exact) mass is 222 g/mol. The Morgan fingerprint density at radius 2 is 1.75 bits per heavy atom. The third kappa shape index (κ3) is 1.91. The molecule has 2 bridgehead atoms. The lowest BCUT2D eigenvalue weighted by molar-refractivity contribution is 0.0991. The molecule has 4 atom stereocenters. The van der Waals surface area contributed by atoms with Crippen LogP contribution < -0.4 is 5.73 Å². The van der Waals surface area contributed by atoms with Crippen LogP contribution in [0.15, 0.2) is 0 Å². The van der Waals surface area contributed by atoms with Crippen LogP contribution in [0.2, 0.25) is 0 Å². The standard InChI is InChI=1S/C14H26N2/c1-10-3-2-4-11(10)9-16-13-5-6-14(16)8-12(15)7-13/h10-14H,2-9,15H2,1H3. The number of hydrogen-bond acceptors (Lipinski definition) is 2. The Hall–Kier alpha value is -0.0800. The fourth-order valence-electron chi connectivity index (χ4n) is 4.38. The van der Waals surface area contributed by atoms with Gasteiger partial charge in [0.05, 0.1) is 0 Å². The smallest absolute Gasteiger partial charge is 0.0114 e. The molecule has 2 nitrogen and oxygen atoms in total. The lowest BCUT2D eigenvalue weighted by Gasteiger charge is -2.39. The van der Waals surface area contributed by atoms with Gasteiger partial charge in [-0.15, -0.1) is 0 Å². The van der Waals surface area contributed by atoms with Crippen molar-refractivity contribution < 1.29 is 0 Å². The molecule has 0 aromatic heterocycles. The molecule has 2 saturated heterocycles. The van der Waals surface area contributed by atoms with Crippen molar-refractivity contribution in [2.45, 2.75) is 70.0 Å². The van der Waals surface area contributed by atoms with Crippen LogP contribution in [0, 0.1) is 11.8 Å². The summed E-state index contributed by atoms with van der Waals surface area (Å²) in [6, 6.07) is 2.16. The first kappa shape index (κ1) is 11.0. The maximum absolute atomic E-state index is 6.13. The Morgan fingerprint density at radius 1 is 1.06 bits per heavy atom. The minimum absolute atomic E-state index is 0.495. The van der Waals surface area contributed by atoms with Gasteiger partial charge in [0.2, 0.25) is 0 Å². The average Bonchev–Trinajstić information content (AvgIpc) is 2.73. The maximum atomic E-state index is 6.13. The molecule has 3 rings (SSSR count). The summed E-state index contributed by atoms with van der Waals surface area (Å²) in [4.78, 5) is 2.83. The van der Waals surface area contributed by atoms with E-state index >= 15 is 0 Å². The first-order valence-corrected chi connectivity index (χ1v) is 7.25. The van der Waals surface area contributed by atoms with Gasteiger partial charge in [0.25, 0.3) is 0 Å². The molecule has 0 radical (unpaired) electrons. The zero-order valence-electron chi connectivity index (χ0n) is 10.6. The van der Waals surface area contributed by atoms with Gasteiger partial charge in [-0.25, -0.2) is 0 Å². The molecule has 0 amide bonds. The number of nitrogens with zero attached hydrogens (tertiary/aromatic N) is 1. The van der Waals surface area contributed by atoms with Crippen LogP contribution in [-0.4, -0.2) is 29.6 Å². The van der Waals surface area contributed by atoms with Crippen LogP contribution in [-0.2, 0) is 0 Å². The molecule has 4 unspecified atom stereocenters. The quantitative estimate of drug-likeness (QED) is 0.777. The SMILES string of the molecule is CC1CCCC1CN1C2CCC1CC(N)C2. The molecule has 1 saturated carbocycles. The second-order valence-electron chi connectivity index (χ2n) is 6.48. The van der Waals surface area contributed by atoms with Gasteiger partial charge < -0.3 is 5.73 Å². The Labute approximate surface area is 99.6 Å². The van der Waals surface area contributed by atoms with E-state index in [4.69, 9.17) is 5.73 Å². The zero-order valence-corrected chi connectivity index (χ0v) is 10.6. The molecular weight excluding hydrogens is 196 g/mol. The van der Waals surface area contributed by atoms with Gasteiger partial charge in [0.15, 0.2) is 0 Å². The summed E-state index contributed by atoms with van der Waals surface area (Å²) in [5.41, 5.74) is 6.13. The fraction of sp³-hybridized carbons (Fsp3) is 1.00. The van der Waals surface area contributed by atoms with E-state index in [1.807, 2.05) is 0 Å². The van der Waals surface area contributed by atoms with Crippen LogP contribution in [0.5, 0.6) is 0 Å². The van der Waals surface area contributed by atoms with Crippen molar-refractivity contribution >= 4 is 0 Å². The van der Waals surface area contributed by atoms with Gasteiger partial charge in [0, 0.05) is 24.7 Å². The van der Waals surface area contributed by atoms with Crippen molar-refractivity contribution in [3.63, 3.8) is 0 Å². The van der Waals surface area contributed by atoms with Gasteiger partial charge in [-0.3, -0.25) is 4.90 Å². The molecule has 92 valence electrons. The fourth-order valence-corrected chi connectivity index (χ4v) is 4.38. The van der Waals surface area contributed by atoms with Crippen LogP contribution in [0.1, 0.15) is 51.9 Å². The molecule has 2 heterocycles. The van der Waals surface area contributed by atoms with E-state index in [0.29, 0.717) is 6.04 Å². The largest absolute Gasteiger partial charge is 0.328 e. The van der Waals surface area contributed by atoms with Gasteiger partial charge in [-0.05, 0) is 43.9 Å². The molecule has 0 spiro atoms. The molecule has 2 heteroatoms. The third-order valence-corrected chi connectivity index (χ3v) is 5.41. The van der Waals surface area contributed by atoms with E-state index in [9.17, 15) is 0 Å². The first-order valence-electron chi connectivity index (χ1n) is 7.25. The molecular formula is C14H26N2. The highest BCUT2D eigenvalue weighted by Gasteiger charge is 2.41. The maximum Gasteiger partial charge on any atom is 0.0114 e. The van der Waals surface area contributed by atoms with Gasteiger partial charge in [-0.2, -0.15) is 0 Å². The Kier molecular flexibility index (Phi) is 2.97. The molecule has 2 N–H and O–H groups in total. The van der Waals surface area contributed by atoms with Crippen molar-refractivity contribution in [1.82, 2.24) is 4.90 Å². The van der Waals surface area contributed by atoms with Crippen molar-refractivity contribution in [3.05, 3.63) is 0 Å². The number of fused-ring (bicyclic) bond motifs is 2. The first-order chi connectivity index (χ1) is 7.74. The van der Waals surface area contributed by atoms with Crippen molar-refractivity contribution in [3.8, 4) is 0 Å². The minimum Gasteiger partial charge on any atom is -0.328 e. The summed E-state index contributed by atoms with van der Waals surface area (Å²) in [6.45, 7) is 3.83. The molecule has 1 aliphatic carbocycles.